The van der Waals surface area contributed by atoms with E-state index in [0.717, 1.165) is 24.2 Å². The van der Waals surface area contributed by atoms with Crippen molar-refractivity contribution in [3.8, 4) is 5.75 Å². The highest BCUT2D eigenvalue weighted by Gasteiger charge is 2.46. The van der Waals surface area contributed by atoms with Gasteiger partial charge in [0.1, 0.15) is 11.5 Å². The van der Waals surface area contributed by atoms with E-state index in [2.05, 4.69) is 4.90 Å². The summed E-state index contributed by atoms with van der Waals surface area (Å²) in [6.07, 6.45) is 0. The van der Waals surface area contributed by atoms with Gasteiger partial charge in [-0.05, 0) is 56.3 Å². The first-order chi connectivity index (χ1) is 14.8. The molecule has 0 aromatic heterocycles. The van der Waals surface area contributed by atoms with Crippen molar-refractivity contribution in [2.24, 2.45) is 0 Å². The van der Waals surface area contributed by atoms with Crippen LogP contribution in [0.2, 0.25) is 0 Å². The van der Waals surface area contributed by atoms with E-state index in [-0.39, 0.29) is 17.1 Å². The lowest BCUT2D eigenvalue weighted by Crippen LogP contribution is -2.38. The number of hydrogen-bond acceptors (Lipinski definition) is 5. The molecular formula is C25H30N2O4. The zero-order valence-corrected chi connectivity index (χ0v) is 18.6. The summed E-state index contributed by atoms with van der Waals surface area (Å²) < 4.78 is 0. The van der Waals surface area contributed by atoms with E-state index in [4.69, 9.17) is 0 Å². The van der Waals surface area contributed by atoms with Gasteiger partial charge in [0.05, 0.1) is 11.6 Å². The number of benzene rings is 2. The summed E-state index contributed by atoms with van der Waals surface area (Å²) >= 11 is 0. The second kappa shape index (κ2) is 9.35. The zero-order chi connectivity index (χ0) is 22.7. The number of aryl methyl sites for hydroxylation is 2. The molecular weight excluding hydrogens is 392 g/mol. The van der Waals surface area contributed by atoms with Crippen molar-refractivity contribution in [3.05, 3.63) is 70.3 Å². The van der Waals surface area contributed by atoms with Gasteiger partial charge in [0.2, 0.25) is 0 Å². The molecule has 6 nitrogen and oxygen atoms in total. The molecule has 1 fully saturated rings. The second-order valence-electron chi connectivity index (χ2n) is 7.93. The number of nitrogens with zero attached hydrogens (tertiary/aromatic N) is 2. The summed E-state index contributed by atoms with van der Waals surface area (Å²) in [6.45, 7) is 10.5. The molecule has 1 unspecified atom stereocenters. The Balaban J connectivity index is 2.15. The van der Waals surface area contributed by atoms with Crippen LogP contribution in [0.1, 0.15) is 42.1 Å². The van der Waals surface area contributed by atoms with E-state index >= 15 is 0 Å². The predicted molar refractivity (Wildman–Crippen MR) is 121 cm³/mol. The van der Waals surface area contributed by atoms with Crippen LogP contribution in [0, 0.1) is 13.8 Å². The number of aliphatic hydroxyl groups is 1. The lowest BCUT2D eigenvalue weighted by Gasteiger charge is -2.28. The minimum Gasteiger partial charge on any atom is -0.508 e. The number of aromatic hydroxyl groups is 1. The van der Waals surface area contributed by atoms with E-state index in [1.54, 1.807) is 12.1 Å². The van der Waals surface area contributed by atoms with Crippen LogP contribution in [-0.2, 0) is 9.59 Å². The molecule has 0 aliphatic carbocycles. The molecule has 1 aliphatic rings. The van der Waals surface area contributed by atoms with Crippen LogP contribution in [0.5, 0.6) is 5.75 Å². The summed E-state index contributed by atoms with van der Waals surface area (Å²) in [5, 5.41) is 21.2. The number of likely N-dealkylation sites (tertiary alicyclic amines) is 1. The third kappa shape index (κ3) is 4.49. The highest BCUT2D eigenvalue weighted by molar-refractivity contribution is 6.46. The first-order valence-corrected chi connectivity index (χ1v) is 10.7. The van der Waals surface area contributed by atoms with Crippen LogP contribution in [-0.4, -0.2) is 57.9 Å². The molecule has 0 bridgehead atoms. The SMILES string of the molecule is CCN(CC)CCN1C(=O)C(=O)C(=C(O)c2cc(C)ccc2C)C1c1cccc(O)c1. The van der Waals surface area contributed by atoms with Gasteiger partial charge in [0.25, 0.3) is 11.7 Å². The largest absolute Gasteiger partial charge is 0.508 e. The quantitative estimate of drug-likeness (QED) is 0.403. The standard InChI is InChI=1S/C25H30N2O4/c1-5-26(6-2)12-13-27-22(18-8-7-9-19(28)15-18)21(24(30)25(27)31)23(29)20-14-16(3)10-11-17(20)4/h7-11,14-15,22,28-29H,5-6,12-13H2,1-4H3. The average molecular weight is 423 g/mol. The molecule has 1 saturated heterocycles. The predicted octanol–water partition coefficient (Wildman–Crippen LogP) is 3.77. The van der Waals surface area contributed by atoms with Crippen LogP contribution < -0.4 is 0 Å². The van der Waals surface area contributed by atoms with Crippen LogP contribution in [0.3, 0.4) is 0 Å². The first-order valence-electron chi connectivity index (χ1n) is 10.7. The maximum absolute atomic E-state index is 13.1. The molecule has 6 heteroatoms. The number of aliphatic hydroxyl groups excluding tert-OH is 1. The van der Waals surface area contributed by atoms with Crippen molar-refractivity contribution < 1.29 is 19.8 Å². The molecule has 3 rings (SSSR count). The monoisotopic (exact) mass is 422 g/mol. The van der Waals surface area contributed by atoms with E-state index in [1.807, 2.05) is 45.9 Å². The number of phenols is 1. The molecule has 1 heterocycles. The number of phenolic OH excluding ortho intramolecular Hbond substituents is 1. The Bertz CT molecular complexity index is 1020. The fourth-order valence-corrected chi connectivity index (χ4v) is 4.08. The molecule has 0 radical (unpaired) electrons. The maximum Gasteiger partial charge on any atom is 0.295 e. The van der Waals surface area contributed by atoms with E-state index in [9.17, 15) is 19.8 Å². The number of rotatable bonds is 7. The zero-order valence-electron chi connectivity index (χ0n) is 18.6. The van der Waals surface area contributed by atoms with Crippen LogP contribution in [0.4, 0.5) is 0 Å². The summed E-state index contributed by atoms with van der Waals surface area (Å²) in [5.41, 5.74) is 2.94. The second-order valence-corrected chi connectivity index (χ2v) is 7.93. The van der Waals surface area contributed by atoms with Gasteiger partial charge in [0, 0.05) is 18.7 Å². The van der Waals surface area contributed by atoms with E-state index < -0.39 is 17.7 Å². The van der Waals surface area contributed by atoms with Gasteiger partial charge in [-0.25, -0.2) is 0 Å². The topological polar surface area (TPSA) is 81.1 Å². The van der Waals surface area contributed by atoms with Crippen LogP contribution in [0.25, 0.3) is 5.76 Å². The van der Waals surface area contributed by atoms with Gasteiger partial charge in [-0.15, -0.1) is 0 Å². The molecule has 31 heavy (non-hydrogen) atoms. The minimum atomic E-state index is -0.762. The fourth-order valence-electron chi connectivity index (χ4n) is 4.08. The van der Waals surface area contributed by atoms with Gasteiger partial charge < -0.3 is 20.0 Å². The third-order valence-corrected chi connectivity index (χ3v) is 5.93. The Labute approximate surface area is 183 Å². The molecule has 2 aromatic rings. The summed E-state index contributed by atoms with van der Waals surface area (Å²) in [5.74, 6) is -1.48. The number of Topliss-reactive ketones (excluding diaryl/α,β-unsaturated/α-hetero) is 1. The molecule has 1 aliphatic heterocycles. The Morgan fingerprint density at radius 2 is 1.77 bits per heavy atom. The normalized spacial score (nSPS) is 18.2. The summed E-state index contributed by atoms with van der Waals surface area (Å²) in [6, 6.07) is 11.4. The van der Waals surface area contributed by atoms with Crippen molar-refractivity contribution >= 4 is 17.4 Å². The highest BCUT2D eigenvalue weighted by Crippen LogP contribution is 2.40. The van der Waals surface area contributed by atoms with Crippen LogP contribution in [0.15, 0.2) is 48.0 Å². The van der Waals surface area contributed by atoms with Gasteiger partial charge in [-0.3, -0.25) is 9.59 Å². The average Bonchev–Trinajstić information content (AvgIpc) is 3.00. The molecule has 0 spiro atoms. The smallest absolute Gasteiger partial charge is 0.295 e. The first kappa shape index (κ1) is 22.6. The number of amides is 1. The van der Waals surface area contributed by atoms with E-state index in [1.165, 1.54) is 17.0 Å². The summed E-state index contributed by atoms with van der Waals surface area (Å²) in [4.78, 5) is 29.8. The Kier molecular flexibility index (Phi) is 6.81. The Morgan fingerprint density at radius 3 is 2.42 bits per heavy atom. The van der Waals surface area contributed by atoms with Crippen molar-refractivity contribution in [2.75, 3.05) is 26.2 Å². The molecule has 164 valence electrons. The lowest BCUT2D eigenvalue weighted by molar-refractivity contribution is -0.140. The molecule has 1 atom stereocenters. The van der Waals surface area contributed by atoms with Gasteiger partial charge in [-0.2, -0.15) is 0 Å². The van der Waals surface area contributed by atoms with Crippen molar-refractivity contribution in [3.63, 3.8) is 0 Å². The molecule has 2 aromatic carbocycles. The van der Waals surface area contributed by atoms with Gasteiger partial charge in [-0.1, -0.05) is 43.7 Å². The number of carbonyl (C=O) groups is 2. The Hall–Kier alpha value is -3.12. The van der Waals surface area contributed by atoms with Crippen LogP contribution >= 0.6 is 0 Å². The minimum absolute atomic E-state index is 0.0403. The fraction of sp³-hybridized carbons (Fsp3) is 0.360. The molecule has 2 N–H and O–H groups in total. The number of likely N-dealkylation sites (N-methyl/N-ethyl adjacent to an activating group) is 1. The lowest BCUT2D eigenvalue weighted by atomic mass is 9.93. The van der Waals surface area contributed by atoms with Crippen molar-refractivity contribution in [1.82, 2.24) is 9.80 Å². The highest BCUT2D eigenvalue weighted by atomic mass is 16.3. The van der Waals surface area contributed by atoms with Crippen molar-refractivity contribution in [2.45, 2.75) is 33.7 Å². The number of ketones is 1. The molecule has 1 amide bonds. The maximum atomic E-state index is 13.1. The van der Waals surface area contributed by atoms with Crippen molar-refractivity contribution in [1.29, 1.82) is 0 Å². The molecule has 0 saturated carbocycles. The summed E-state index contributed by atoms with van der Waals surface area (Å²) in [7, 11) is 0. The number of carbonyl (C=O) groups excluding carboxylic acids is 2. The van der Waals surface area contributed by atoms with E-state index in [0.29, 0.717) is 24.2 Å². The Morgan fingerprint density at radius 1 is 1.06 bits per heavy atom. The third-order valence-electron chi connectivity index (χ3n) is 5.93. The number of hydrogen-bond donors (Lipinski definition) is 2. The van der Waals surface area contributed by atoms with Gasteiger partial charge in [0.15, 0.2) is 0 Å². The van der Waals surface area contributed by atoms with Gasteiger partial charge >= 0.3 is 0 Å².